The van der Waals surface area contributed by atoms with Crippen LogP contribution in [0.25, 0.3) is 0 Å². The number of anilines is 1. The van der Waals surface area contributed by atoms with Gasteiger partial charge in [-0.2, -0.15) is 18.3 Å². The van der Waals surface area contributed by atoms with Crippen molar-refractivity contribution in [3.63, 3.8) is 0 Å². The highest BCUT2D eigenvalue weighted by Crippen LogP contribution is 2.35. The quantitative estimate of drug-likeness (QED) is 0.135. The SMILES string of the molecule is COc1cc(C=NNC(=O)CCC(=O)Nc2cccc(C(F)(F)F)c2)cc(I)c1OCc1ccc(Cl)cc1Cl. The van der Waals surface area contributed by atoms with Crippen molar-refractivity contribution in [3.05, 3.63) is 84.9 Å². The van der Waals surface area contributed by atoms with Gasteiger partial charge in [-0.1, -0.05) is 35.3 Å². The molecule has 0 saturated heterocycles. The molecule has 0 heterocycles. The first-order chi connectivity index (χ1) is 18.5. The van der Waals surface area contributed by atoms with E-state index in [1.807, 2.05) is 0 Å². The second kappa shape index (κ2) is 13.9. The topological polar surface area (TPSA) is 89.0 Å². The summed E-state index contributed by atoms with van der Waals surface area (Å²) in [7, 11) is 1.49. The number of benzene rings is 3. The summed E-state index contributed by atoms with van der Waals surface area (Å²) in [5, 5.41) is 7.23. The minimum Gasteiger partial charge on any atom is -0.493 e. The summed E-state index contributed by atoms with van der Waals surface area (Å²) in [6, 6.07) is 12.8. The number of hydrogen-bond acceptors (Lipinski definition) is 5. The fraction of sp³-hybridized carbons (Fsp3) is 0.192. The van der Waals surface area contributed by atoms with Gasteiger partial charge in [-0.3, -0.25) is 9.59 Å². The van der Waals surface area contributed by atoms with E-state index in [0.29, 0.717) is 27.1 Å². The molecule has 3 aromatic carbocycles. The first kappa shape index (κ1) is 30.5. The van der Waals surface area contributed by atoms with Crippen molar-refractivity contribution in [2.45, 2.75) is 25.6 Å². The number of ether oxygens (including phenoxy) is 2. The smallest absolute Gasteiger partial charge is 0.416 e. The maximum atomic E-state index is 12.8. The maximum absolute atomic E-state index is 12.8. The molecule has 0 unspecified atom stereocenters. The van der Waals surface area contributed by atoms with Crippen LogP contribution in [0.15, 0.2) is 59.7 Å². The summed E-state index contributed by atoms with van der Waals surface area (Å²) < 4.78 is 50.5. The molecule has 0 aliphatic carbocycles. The van der Waals surface area contributed by atoms with Crippen LogP contribution < -0.4 is 20.2 Å². The van der Waals surface area contributed by atoms with Crippen molar-refractivity contribution in [2.75, 3.05) is 12.4 Å². The third-order valence-electron chi connectivity index (χ3n) is 5.09. The molecule has 0 aliphatic rings. The minimum atomic E-state index is -4.53. The largest absolute Gasteiger partial charge is 0.493 e. The number of carbonyl (C=O) groups excluding carboxylic acids is 2. The third kappa shape index (κ3) is 9.29. The number of alkyl halides is 3. The van der Waals surface area contributed by atoms with Crippen molar-refractivity contribution in [1.82, 2.24) is 5.43 Å². The average molecular weight is 694 g/mol. The van der Waals surface area contributed by atoms with Crippen LogP contribution in [-0.4, -0.2) is 25.1 Å². The number of hydrogen-bond donors (Lipinski definition) is 2. The molecule has 0 atom stereocenters. The number of carbonyl (C=O) groups is 2. The fourth-order valence-electron chi connectivity index (χ4n) is 3.20. The molecule has 0 bridgehead atoms. The number of nitrogens with zero attached hydrogens (tertiary/aromatic N) is 1. The van der Waals surface area contributed by atoms with Gasteiger partial charge in [0.05, 0.1) is 22.5 Å². The van der Waals surface area contributed by atoms with Gasteiger partial charge >= 0.3 is 6.18 Å². The number of hydrazone groups is 1. The Morgan fingerprint density at radius 2 is 1.79 bits per heavy atom. The molecule has 0 fully saturated rings. The van der Waals surface area contributed by atoms with Gasteiger partial charge in [-0.25, -0.2) is 5.43 Å². The summed E-state index contributed by atoms with van der Waals surface area (Å²) in [6.07, 6.45) is -3.60. The zero-order chi connectivity index (χ0) is 28.6. The number of amides is 2. The Kier molecular flexibility index (Phi) is 10.8. The van der Waals surface area contributed by atoms with Crippen LogP contribution in [0.5, 0.6) is 11.5 Å². The van der Waals surface area contributed by atoms with E-state index in [9.17, 15) is 22.8 Å². The molecule has 2 amide bonds. The molecule has 0 saturated carbocycles. The zero-order valence-corrected chi connectivity index (χ0v) is 23.9. The van der Waals surface area contributed by atoms with E-state index < -0.39 is 23.6 Å². The lowest BCUT2D eigenvalue weighted by atomic mass is 10.2. The predicted molar refractivity (Wildman–Crippen MR) is 152 cm³/mol. The van der Waals surface area contributed by atoms with Gasteiger partial charge in [0, 0.05) is 34.1 Å². The Labute approximate surface area is 245 Å². The minimum absolute atomic E-state index is 0.0134. The Bertz CT molecular complexity index is 1390. The summed E-state index contributed by atoms with van der Waals surface area (Å²) in [5.74, 6) is -0.224. The van der Waals surface area contributed by atoms with Crippen LogP contribution in [0.1, 0.15) is 29.5 Å². The van der Waals surface area contributed by atoms with Crippen LogP contribution in [0.3, 0.4) is 0 Å². The van der Waals surface area contributed by atoms with E-state index in [2.05, 4.69) is 38.4 Å². The van der Waals surface area contributed by atoms with Crippen molar-refractivity contribution in [3.8, 4) is 11.5 Å². The van der Waals surface area contributed by atoms with Gasteiger partial charge in [0.25, 0.3) is 0 Å². The van der Waals surface area contributed by atoms with Gasteiger partial charge in [-0.15, -0.1) is 0 Å². The first-order valence-corrected chi connectivity index (χ1v) is 13.0. The Morgan fingerprint density at radius 3 is 2.49 bits per heavy atom. The Balaban J connectivity index is 1.52. The van der Waals surface area contributed by atoms with Gasteiger partial charge < -0.3 is 14.8 Å². The normalized spacial score (nSPS) is 11.4. The van der Waals surface area contributed by atoms with Gasteiger partial charge in [0.2, 0.25) is 11.8 Å². The lowest BCUT2D eigenvalue weighted by Crippen LogP contribution is -2.20. The molecule has 13 heteroatoms. The molecule has 0 spiro atoms. The average Bonchev–Trinajstić information content (AvgIpc) is 2.87. The van der Waals surface area contributed by atoms with Gasteiger partial charge in [-0.05, 0) is 70.6 Å². The highest BCUT2D eigenvalue weighted by Gasteiger charge is 2.30. The molecule has 0 aliphatic heterocycles. The molecule has 3 rings (SSSR count). The van der Waals surface area contributed by atoms with Crippen molar-refractivity contribution >= 4 is 69.5 Å². The number of nitrogens with one attached hydrogen (secondary N) is 2. The van der Waals surface area contributed by atoms with Crippen LogP contribution in [0.4, 0.5) is 18.9 Å². The Morgan fingerprint density at radius 1 is 1.05 bits per heavy atom. The molecule has 0 aromatic heterocycles. The predicted octanol–water partition coefficient (Wildman–Crippen LogP) is 7.07. The highest BCUT2D eigenvalue weighted by atomic mass is 127. The van der Waals surface area contributed by atoms with E-state index in [1.165, 1.54) is 25.5 Å². The zero-order valence-electron chi connectivity index (χ0n) is 20.2. The lowest BCUT2D eigenvalue weighted by Gasteiger charge is -2.14. The van der Waals surface area contributed by atoms with E-state index in [0.717, 1.165) is 21.3 Å². The summed E-state index contributed by atoms with van der Waals surface area (Å²) in [4.78, 5) is 24.1. The third-order valence-corrected chi connectivity index (χ3v) is 6.48. The number of halogens is 6. The van der Waals surface area contributed by atoms with Crippen LogP contribution in [0, 0.1) is 3.57 Å². The summed E-state index contributed by atoms with van der Waals surface area (Å²) in [6.45, 7) is 0.188. The van der Waals surface area contributed by atoms with Crippen LogP contribution in [0.2, 0.25) is 10.0 Å². The van der Waals surface area contributed by atoms with E-state index in [4.69, 9.17) is 32.7 Å². The molecule has 2 N–H and O–H groups in total. The fourth-order valence-corrected chi connectivity index (χ4v) is 4.45. The van der Waals surface area contributed by atoms with Crippen molar-refractivity contribution < 1.29 is 32.2 Å². The molecule has 7 nitrogen and oxygen atoms in total. The van der Waals surface area contributed by atoms with Crippen LogP contribution >= 0.6 is 45.8 Å². The van der Waals surface area contributed by atoms with Gasteiger partial charge in [0.1, 0.15) is 6.61 Å². The number of rotatable bonds is 10. The Hall–Kier alpha value is -3.03. The number of methoxy groups -OCH3 is 1. The van der Waals surface area contributed by atoms with Crippen molar-refractivity contribution in [1.29, 1.82) is 0 Å². The van der Waals surface area contributed by atoms with E-state index in [-0.39, 0.29) is 25.1 Å². The molecule has 0 radical (unpaired) electrons. The maximum Gasteiger partial charge on any atom is 0.416 e. The monoisotopic (exact) mass is 693 g/mol. The summed E-state index contributed by atoms with van der Waals surface area (Å²) in [5.41, 5.74) is 2.76. The first-order valence-electron chi connectivity index (χ1n) is 11.2. The summed E-state index contributed by atoms with van der Waals surface area (Å²) >= 11 is 14.2. The standard InChI is InChI=1S/C26H21Cl2F3IN3O4/c1-38-22-10-15(9-21(32)25(22)39-14-16-5-6-18(27)12-20(16)28)13-33-35-24(37)8-7-23(36)34-19-4-2-3-17(11-19)26(29,30)31/h2-6,9-13H,7-8,14H2,1H3,(H,34,36)(H,35,37). The molecule has 206 valence electrons. The second-order valence-electron chi connectivity index (χ2n) is 7.98. The second-order valence-corrected chi connectivity index (χ2v) is 9.98. The highest BCUT2D eigenvalue weighted by molar-refractivity contribution is 14.1. The van der Waals surface area contributed by atoms with E-state index in [1.54, 1.807) is 30.3 Å². The lowest BCUT2D eigenvalue weighted by molar-refractivity contribution is -0.137. The van der Waals surface area contributed by atoms with Crippen molar-refractivity contribution in [2.24, 2.45) is 5.10 Å². The van der Waals surface area contributed by atoms with E-state index >= 15 is 0 Å². The molecule has 3 aromatic rings. The molecular formula is C26H21Cl2F3IN3O4. The molecular weight excluding hydrogens is 673 g/mol. The van der Waals surface area contributed by atoms with Crippen LogP contribution in [-0.2, 0) is 22.4 Å². The van der Waals surface area contributed by atoms with Gasteiger partial charge in [0.15, 0.2) is 11.5 Å². The molecule has 39 heavy (non-hydrogen) atoms.